The number of carbonyl (C=O) groups excluding carboxylic acids is 1. The van der Waals surface area contributed by atoms with Crippen LogP contribution in [0.4, 0.5) is 0 Å². The van der Waals surface area contributed by atoms with Gasteiger partial charge in [-0.15, -0.1) is 0 Å². The molecule has 2 unspecified atom stereocenters. The van der Waals surface area contributed by atoms with E-state index in [1.165, 1.54) is 4.40 Å². The smallest absolute Gasteiger partial charge is 0.338 e. The molecule has 0 radical (unpaired) electrons. The molecule has 0 bridgehead atoms. The molecule has 0 aromatic carbocycles. The number of fused-ring (bicyclic) bond motifs is 1. The molecule has 20 heavy (non-hydrogen) atoms. The number of rotatable bonds is 1. The summed E-state index contributed by atoms with van der Waals surface area (Å²) in [4.78, 5) is 26.0. The van der Waals surface area contributed by atoms with Gasteiger partial charge >= 0.3 is 5.69 Å². The molecule has 1 fully saturated rings. The highest BCUT2D eigenvalue weighted by Crippen LogP contribution is 2.22. The third-order valence-electron chi connectivity index (χ3n) is 3.81. The summed E-state index contributed by atoms with van der Waals surface area (Å²) in [5, 5.41) is 6.22. The van der Waals surface area contributed by atoms with Gasteiger partial charge < -0.3 is 4.90 Å². The minimum absolute atomic E-state index is 0.0154. The van der Waals surface area contributed by atoms with E-state index in [4.69, 9.17) is 0 Å². The average molecular weight is 274 g/mol. The van der Waals surface area contributed by atoms with Gasteiger partial charge in [0.2, 0.25) is 0 Å². The van der Waals surface area contributed by atoms with Gasteiger partial charge in [0.15, 0.2) is 5.65 Å². The second-order valence-electron chi connectivity index (χ2n) is 5.83. The number of aromatic nitrogens is 3. The molecular formula is C14H18N4O2. The summed E-state index contributed by atoms with van der Waals surface area (Å²) in [6.45, 7) is 5.89. The molecule has 106 valence electrons. The second-order valence-corrected chi connectivity index (χ2v) is 5.83. The van der Waals surface area contributed by atoms with Crippen molar-refractivity contribution in [1.29, 1.82) is 0 Å². The lowest BCUT2D eigenvalue weighted by atomic mass is 9.91. The number of aromatic amines is 1. The Morgan fingerprint density at radius 3 is 2.70 bits per heavy atom. The number of pyridine rings is 1. The van der Waals surface area contributed by atoms with E-state index in [9.17, 15) is 9.59 Å². The van der Waals surface area contributed by atoms with Crippen LogP contribution in [-0.2, 0) is 0 Å². The number of amides is 1. The quantitative estimate of drug-likeness (QED) is 0.847. The van der Waals surface area contributed by atoms with Crippen molar-refractivity contribution in [2.75, 3.05) is 13.1 Å². The zero-order valence-electron chi connectivity index (χ0n) is 11.7. The van der Waals surface area contributed by atoms with Crippen LogP contribution in [0.15, 0.2) is 23.1 Å². The normalized spacial score (nSPS) is 23.2. The Kier molecular flexibility index (Phi) is 3.08. The lowest BCUT2D eigenvalue weighted by Crippen LogP contribution is -2.42. The maximum Gasteiger partial charge on any atom is 0.347 e. The zero-order valence-corrected chi connectivity index (χ0v) is 11.7. The molecule has 6 heteroatoms. The van der Waals surface area contributed by atoms with E-state index in [0.717, 1.165) is 19.5 Å². The van der Waals surface area contributed by atoms with Gasteiger partial charge in [0.05, 0.1) is 5.56 Å². The summed E-state index contributed by atoms with van der Waals surface area (Å²) in [5.41, 5.74) is 0.726. The Bertz CT molecular complexity index is 693. The molecule has 1 amide bonds. The molecule has 1 aliphatic heterocycles. The van der Waals surface area contributed by atoms with Crippen LogP contribution in [0.5, 0.6) is 0 Å². The number of H-pyrrole nitrogens is 1. The summed E-state index contributed by atoms with van der Waals surface area (Å²) in [7, 11) is 0. The molecule has 3 rings (SSSR count). The van der Waals surface area contributed by atoms with E-state index in [-0.39, 0.29) is 11.6 Å². The predicted octanol–water partition coefficient (Wildman–Crippen LogP) is 1.14. The summed E-state index contributed by atoms with van der Waals surface area (Å²) in [6, 6.07) is 3.41. The lowest BCUT2D eigenvalue weighted by molar-refractivity contribution is 0.0622. The highest BCUT2D eigenvalue weighted by atomic mass is 16.2. The van der Waals surface area contributed by atoms with E-state index in [1.807, 2.05) is 4.90 Å². The minimum Gasteiger partial charge on any atom is -0.338 e. The van der Waals surface area contributed by atoms with E-state index in [2.05, 4.69) is 24.0 Å². The van der Waals surface area contributed by atoms with Crippen molar-refractivity contribution < 1.29 is 4.79 Å². The fraction of sp³-hybridized carbons (Fsp3) is 0.500. The van der Waals surface area contributed by atoms with E-state index >= 15 is 0 Å². The van der Waals surface area contributed by atoms with Crippen LogP contribution >= 0.6 is 0 Å². The number of nitrogens with zero attached hydrogens (tertiary/aromatic N) is 3. The number of likely N-dealkylation sites (tertiary alicyclic amines) is 1. The Morgan fingerprint density at radius 1 is 1.30 bits per heavy atom. The minimum atomic E-state index is -0.324. The van der Waals surface area contributed by atoms with Crippen molar-refractivity contribution >= 4 is 11.6 Å². The molecule has 1 aliphatic rings. The van der Waals surface area contributed by atoms with Crippen molar-refractivity contribution in [3.63, 3.8) is 0 Å². The Labute approximate surface area is 116 Å². The van der Waals surface area contributed by atoms with Gasteiger partial charge in [-0.25, -0.2) is 14.3 Å². The summed E-state index contributed by atoms with van der Waals surface area (Å²) in [5.74, 6) is 1.02. The maximum atomic E-state index is 12.5. The third kappa shape index (κ3) is 2.21. The highest BCUT2D eigenvalue weighted by Gasteiger charge is 2.26. The Morgan fingerprint density at radius 2 is 2.00 bits per heavy atom. The van der Waals surface area contributed by atoms with Gasteiger partial charge in [0.1, 0.15) is 0 Å². The number of hydrogen-bond acceptors (Lipinski definition) is 3. The maximum absolute atomic E-state index is 12.5. The lowest BCUT2D eigenvalue weighted by Gasteiger charge is -2.35. The average Bonchev–Trinajstić information content (AvgIpc) is 2.78. The molecule has 2 aromatic heterocycles. The first-order valence-corrected chi connectivity index (χ1v) is 6.90. The summed E-state index contributed by atoms with van der Waals surface area (Å²) < 4.78 is 1.37. The molecule has 2 aromatic rings. The van der Waals surface area contributed by atoms with Crippen LogP contribution in [-0.4, -0.2) is 38.5 Å². The highest BCUT2D eigenvalue weighted by molar-refractivity contribution is 5.94. The molecule has 0 saturated carbocycles. The van der Waals surface area contributed by atoms with Gasteiger partial charge in [0.25, 0.3) is 5.91 Å². The monoisotopic (exact) mass is 274 g/mol. The van der Waals surface area contributed by atoms with Crippen LogP contribution in [0.1, 0.15) is 30.6 Å². The van der Waals surface area contributed by atoms with Crippen LogP contribution in [0.2, 0.25) is 0 Å². The first-order valence-electron chi connectivity index (χ1n) is 6.90. The van der Waals surface area contributed by atoms with Gasteiger partial charge in [-0.2, -0.15) is 5.10 Å². The van der Waals surface area contributed by atoms with Gasteiger partial charge in [0, 0.05) is 19.3 Å². The van der Waals surface area contributed by atoms with Gasteiger partial charge in [-0.3, -0.25) is 4.79 Å². The van der Waals surface area contributed by atoms with Crippen molar-refractivity contribution in [1.82, 2.24) is 19.5 Å². The van der Waals surface area contributed by atoms with Crippen molar-refractivity contribution in [2.24, 2.45) is 11.8 Å². The summed E-state index contributed by atoms with van der Waals surface area (Å²) >= 11 is 0. The van der Waals surface area contributed by atoms with Gasteiger partial charge in [-0.1, -0.05) is 13.8 Å². The first kappa shape index (κ1) is 12.9. The largest absolute Gasteiger partial charge is 0.347 e. The molecule has 0 spiro atoms. The van der Waals surface area contributed by atoms with Gasteiger partial charge in [-0.05, 0) is 30.4 Å². The molecule has 0 aliphatic carbocycles. The van der Waals surface area contributed by atoms with E-state index < -0.39 is 0 Å². The fourth-order valence-electron chi connectivity index (χ4n) is 3.04. The SMILES string of the molecule is CC1CC(C)CN(C(=O)c2ccc3n[nH]c(=O)n3c2)C1. The fourth-order valence-corrected chi connectivity index (χ4v) is 3.04. The topological polar surface area (TPSA) is 70.5 Å². The number of nitrogens with one attached hydrogen (secondary N) is 1. The molecule has 2 atom stereocenters. The van der Waals surface area contributed by atoms with Crippen LogP contribution in [0.3, 0.4) is 0 Å². The third-order valence-corrected chi connectivity index (χ3v) is 3.81. The molecule has 1 saturated heterocycles. The standard InChI is InChI=1S/C14H18N4O2/c1-9-5-10(2)7-17(6-9)13(19)11-3-4-12-15-16-14(20)18(12)8-11/h3-4,8-10H,5-7H2,1-2H3,(H,16,20). The van der Waals surface area contributed by atoms with E-state index in [1.54, 1.807) is 18.3 Å². The Balaban J connectivity index is 1.91. The molecular weight excluding hydrogens is 256 g/mol. The zero-order chi connectivity index (χ0) is 14.3. The van der Waals surface area contributed by atoms with Crippen molar-refractivity contribution in [2.45, 2.75) is 20.3 Å². The molecule has 1 N–H and O–H groups in total. The van der Waals surface area contributed by atoms with Crippen LogP contribution < -0.4 is 5.69 Å². The Hall–Kier alpha value is -2.11. The van der Waals surface area contributed by atoms with Crippen LogP contribution in [0.25, 0.3) is 5.65 Å². The first-order chi connectivity index (χ1) is 9.54. The number of piperidine rings is 1. The predicted molar refractivity (Wildman–Crippen MR) is 74.7 cm³/mol. The van der Waals surface area contributed by atoms with Crippen molar-refractivity contribution in [3.8, 4) is 0 Å². The summed E-state index contributed by atoms with van der Waals surface area (Å²) in [6.07, 6.45) is 2.72. The van der Waals surface area contributed by atoms with Crippen molar-refractivity contribution in [3.05, 3.63) is 34.4 Å². The molecule has 6 nitrogen and oxygen atoms in total. The molecule has 3 heterocycles. The van der Waals surface area contributed by atoms with E-state index in [0.29, 0.717) is 23.0 Å². The number of hydrogen-bond donors (Lipinski definition) is 1. The van der Waals surface area contributed by atoms with Crippen LogP contribution in [0, 0.1) is 11.8 Å². The second kappa shape index (κ2) is 4.77. The number of carbonyl (C=O) groups is 1.